The molecule has 1 aromatic rings. The number of carbonyl (C=O) groups is 1. The fourth-order valence-electron chi connectivity index (χ4n) is 2.18. The minimum absolute atomic E-state index is 0.0243. The van der Waals surface area contributed by atoms with Crippen LogP contribution in [0.1, 0.15) is 12.8 Å². The Bertz CT molecular complexity index is 402. The van der Waals surface area contributed by atoms with E-state index in [1.165, 1.54) is 25.9 Å². The Kier molecular flexibility index (Phi) is 5.63. The van der Waals surface area contributed by atoms with Gasteiger partial charge in [0.05, 0.1) is 6.54 Å². The number of carbonyl (C=O) groups excluding carboxylic acids is 1. The van der Waals surface area contributed by atoms with Gasteiger partial charge in [-0.3, -0.25) is 4.79 Å². The van der Waals surface area contributed by atoms with Crippen molar-refractivity contribution < 1.29 is 4.79 Å². The van der Waals surface area contributed by atoms with E-state index in [2.05, 4.69) is 15.5 Å². The Hall–Kier alpha value is -1.10. The SMILES string of the molecule is O=C(CNCCN1CCCC1)Nc1ccc(Cl)cc1. The Balaban J connectivity index is 1.60. The van der Waals surface area contributed by atoms with Crippen molar-refractivity contribution in [3.63, 3.8) is 0 Å². The third-order valence-electron chi connectivity index (χ3n) is 3.22. The van der Waals surface area contributed by atoms with Crippen LogP contribution in [-0.2, 0) is 4.79 Å². The summed E-state index contributed by atoms with van der Waals surface area (Å²) >= 11 is 5.78. The first-order valence-corrected chi connectivity index (χ1v) is 7.10. The van der Waals surface area contributed by atoms with Crippen molar-refractivity contribution >= 4 is 23.2 Å². The number of nitrogens with zero attached hydrogens (tertiary/aromatic N) is 1. The Morgan fingerprint density at radius 1 is 1.21 bits per heavy atom. The van der Waals surface area contributed by atoms with Gasteiger partial charge in [0.1, 0.15) is 0 Å². The molecule has 0 atom stereocenters. The average molecular weight is 282 g/mol. The second kappa shape index (κ2) is 7.48. The molecule has 1 amide bonds. The smallest absolute Gasteiger partial charge is 0.238 e. The number of anilines is 1. The van der Waals surface area contributed by atoms with Crippen LogP contribution in [0.5, 0.6) is 0 Å². The van der Waals surface area contributed by atoms with Gasteiger partial charge in [-0.1, -0.05) is 11.6 Å². The Morgan fingerprint density at radius 2 is 1.89 bits per heavy atom. The molecule has 0 aromatic heterocycles. The van der Waals surface area contributed by atoms with Crippen molar-refractivity contribution in [1.82, 2.24) is 10.2 Å². The van der Waals surface area contributed by atoms with E-state index in [1.54, 1.807) is 24.3 Å². The van der Waals surface area contributed by atoms with Gasteiger partial charge in [-0.25, -0.2) is 0 Å². The minimum Gasteiger partial charge on any atom is -0.325 e. The summed E-state index contributed by atoms with van der Waals surface area (Å²) in [7, 11) is 0. The van der Waals surface area contributed by atoms with Gasteiger partial charge in [0.25, 0.3) is 0 Å². The van der Waals surface area contributed by atoms with Crippen LogP contribution in [0.2, 0.25) is 5.02 Å². The maximum atomic E-state index is 11.7. The minimum atomic E-state index is -0.0243. The Labute approximate surface area is 119 Å². The van der Waals surface area contributed by atoms with Gasteiger partial charge in [0.2, 0.25) is 5.91 Å². The number of benzene rings is 1. The summed E-state index contributed by atoms with van der Waals surface area (Å²) in [5, 5.41) is 6.66. The fourth-order valence-corrected chi connectivity index (χ4v) is 2.31. The van der Waals surface area contributed by atoms with Gasteiger partial charge in [-0.05, 0) is 50.2 Å². The second-order valence-corrected chi connectivity index (χ2v) is 5.22. The molecule has 1 aliphatic heterocycles. The monoisotopic (exact) mass is 281 g/mol. The van der Waals surface area contributed by atoms with Crippen LogP contribution in [-0.4, -0.2) is 43.5 Å². The topological polar surface area (TPSA) is 44.4 Å². The van der Waals surface area contributed by atoms with Crippen molar-refractivity contribution in [2.75, 3.05) is 38.0 Å². The zero-order valence-electron chi connectivity index (χ0n) is 11.0. The molecule has 0 aliphatic carbocycles. The number of rotatable bonds is 6. The van der Waals surface area contributed by atoms with E-state index in [-0.39, 0.29) is 5.91 Å². The first kappa shape index (κ1) is 14.3. The highest BCUT2D eigenvalue weighted by Gasteiger charge is 2.10. The van der Waals surface area contributed by atoms with Crippen LogP contribution in [0.3, 0.4) is 0 Å². The highest BCUT2D eigenvalue weighted by molar-refractivity contribution is 6.30. The van der Waals surface area contributed by atoms with Crippen LogP contribution in [0.25, 0.3) is 0 Å². The second-order valence-electron chi connectivity index (χ2n) is 4.78. The summed E-state index contributed by atoms with van der Waals surface area (Å²) in [5.41, 5.74) is 0.774. The maximum absolute atomic E-state index is 11.7. The van der Waals surface area contributed by atoms with Gasteiger partial charge in [-0.2, -0.15) is 0 Å². The molecule has 0 unspecified atom stereocenters. The molecule has 0 spiro atoms. The van der Waals surface area contributed by atoms with Crippen molar-refractivity contribution in [1.29, 1.82) is 0 Å². The first-order chi connectivity index (χ1) is 9.24. The summed E-state index contributed by atoms with van der Waals surface area (Å²) in [6.07, 6.45) is 2.61. The summed E-state index contributed by atoms with van der Waals surface area (Å²) in [6, 6.07) is 7.12. The normalized spacial score (nSPS) is 15.6. The van der Waals surface area contributed by atoms with E-state index in [0.717, 1.165) is 18.8 Å². The number of nitrogens with one attached hydrogen (secondary N) is 2. The van der Waals surface area contributed by atoms with Gasteiger partial charge >= 0.3 is 0 Å². The molecular formula is C14H20ClN3O. The summed E-state index contributed by atoms with van der Waals surface area (Å²) in [5.74, 6) is -0.0243. The lowest BCUT2D eigenvalue weighted by Crippen LogP contribution is -2.34. The predicted octanol–water partition coefficient (Wildman–Crippen LogP) is 1.96. The molecule has 2 rings (SSSR count). The number of amides is 1. The molecule has 0 bridgehead atoms. The molecule has 1 aromatic carbocycles. The molecule has 19 heavy (non-hydrogen) atoms. The largest absolute Gasteiger partial charge is 0.325 e. The quantitative estimate of drug-likeness (QED) is 0.784. The average Bonchev–Trinajstić information content (AvgIpc) is 2.91. The van der Waals surface area contributed by atoms with Crippen molar-refractivity contribution in [3.8, 4) is 0 Å². The third kappa shape index (κ3) is 5.19. The van der Waals surface area contributed by atoms with Gasteiger partial charge in [0, 0.05) is 23.8 Å². The summed E-state index contributed by atoms with van der Waals surface area (Å²) < 4.78 is 0. The zero-order valence-corrected chi connectivity index (χ0v) is 11.7. The van der Waals surface area contributed by atoms with Crippen molar-refractivity contribution in [3.05, 3.63) is 29.3 Å². The predicted molar refractivity (Wildman–Crippen MR) is 78.6 cm³/mol. The number of halogens is 1. The third-order valence-corrected chi connectivity index (χ3v) is 3.47. The molecule has 1 heterocycles. The lowest BCUT2D eigenvalue weighted by atomic mass is 10.3. The Morgan fingerprint density at radius 3 is 2.58 bits per heavy atom. The molecule has 2 N–H and O–H groups in total. The van der Waals surface area contributed by atoms with E-state index < -0.39 is 0 Å². The van der Waals surface area contributed by atoms with E-state index >= 15 is 0 Å². The van der Waals surface area contributed by atoms with E-state index in [9.17, 15) is 4.79 Å². The zero-order chi connectivity index (χ0) is 13.5. The van der Waals surface area contributed by atoms with E-state index in [0.29, 0.717) is 11.6 Å². The van der Waals surface area contributed by atoms with E-state index in [4.69, 9.17) is 11.6 Å². The van der Waals surface area contributed by atoms with Crippen LogP contribution < -0.4 is 10.6 Å². The standard InChI is InChI=1S/C14H20ClN3O/c15-12-3-5-13(6-4-12)17-14(19)11-16-7-10-18-8-1-2-9-18/h3-6,16H,1-2,7-11H2,(H,17,19). The molecule has 4 nitrogen and oxygen atoms in total. The molecule has 1 aliphatic rings. The molecule has 1 fully saturated rings. The number of hydrogen-bond donors (Lipinski definition) is 2. The van der Waals surface area contributed by atoms with Crippen LogP contribution in [0.15, 0.2) is 24.3 Å². The summed E-state index contributed by atoms with van der Waals surface area (Å²) in [6.45, 7) is 4.61. The van der Waals surface area contributed by atoms with Crippen LogP contribution >= 0.6 is 11.6 Å². The number of hydrogen-bond acceptors (Lipinski definition) is 3. The molecule has 1 saturated heterocycles. The van der Waals surface area contributed by atoms with Crippen molar-refractivity contribution in [2.24, 2.45) is 0 Å². The van der Waals surface area contributed by atoms with Gasteiger partial charge in [0.15, 0.2) is 0 Å². The lowest BCUT2D eigenvalue weighted by Gasteiger charge is -2.14. The van der Waals surface area contributed by atoms with Gasteiger partial charge < -0.3 is 15.5 Å². The molecule has 0 saturated carbocycles. The van der Waals surface area contributed by atoms with Crippen molar-refractivity contribution in [2.45, 2.75) is 12.8 Å². The lowest BCUT2D eigenvalue weighted by molar-refractivity contribution is -0.115. The highest BCUT2D eigenvalue weighted by atomic mass is 35.5. The highest BCUT2D eigenvalue weighted by Crippen LogP contribution is 2.12. The maximum Gasteiger partial charge on any atom is 0.238 e. The molecular weight excluding hydrogens is 262 g/mol. The molecule has 104 valence electrons. The van der Waals surface area contributed by atoms with E-state index in [1.807, 2.05) is 0 Å². The molecule has 0 radical (unpaired) electrons. The summed E-state index contributed by atoms with van der Waals surface area (Å²) in [4.78, 5) is 14.1. The van der Waals surface area contributed by atoms with Crippen LogP contribution in [0, 0.1) is 0 Å². The number of likely N-dealkylation sites (tertiary alicyclic amines) is 1. The first-order valence-electron chi connectivity index (χ1n) is 6.72. The fraction of sp³-hybridized carbons (Fsp3) is 0.500. The van der Waals surface area contributed by atoms with Crippen LogP contribution in [0.4, 0.5) is 5.69 Å². The van der Waals surface area contributed by atoms with Gasteiger partial charge in [-0.15, -0.1) is 0 Å². The molecule has 5 heteroatoms.